The van der Waals surface area contributed by atoms with Crippen LogP contribution in [0.4, 0.5) is 0 Å². The largest absolute Gasteiger partial charge is 0.493 e. The molecule has 0 aromatic heterocycles. The van der Waals surface area contributed by atoms with Crippen LogP contribution in [0.15, 0.2) is 18.2 Å². The first kappa shape index (κ1) is 15.7. The Bertz CT molecular complexity index is 612. The van der Waals surface area contributed by atoms with Gasteiger partial charge in [0.25, 0.3) is 0 Å². The van der Waals surface area contributed by atoms with Gasteiger partial charge in [0.1, 0.15) is 5.75 Å². The minimum absolute atomic E-state index is 0.126. The monoisotopic (exact) mass is 326 g/mol. The number of nitrogens with zero attached hydrogens (tertiary/aromatic N) is 1. The zero-order valence-corrected chi connectivity index (χ0v) is 13.4. The van der Waals surface area contributed by atoms with E-state index in [1.165, 1.54) is 9.87 Å². The number of ether oxygens (including phenoxy) is 2. The maximum atomic E-state index is 12.2. The van der Waals surface area contributed by atoms with Gasteiger partial charge in [-0.3, -0.25) is 0 Å². The summed E-state index contributed by atoms with van der Waals surface area (Å²) in [4.78, 5) is 0. The van der Waals surface area contributed by atoms with E-state index in [1.807, 2.05) is 12.1 Å². The van der Waals surface area contributed by atoms with Crippen molar-refractivity contribution in [1.82, 2.24) is 9.62 Å². The Labute approximate surface area is 131 Å². The SMILES string of the molecule is O=S(=O)(CCNCc1ccc2c(c1)CCO2)N1CCOCC1. The molecule has 1 N–H and O–H groups in total. The zero-order valence-electron chi connectivity index (χ0n) is 12.6. The molecule has 3 rings (SSSR count). The smallest absolute Gasteiger partial charge is 0.215 e. The average Bonchev–Trinajstić information content (AvgIpc) is 3.00. The molecule has 1 aromatic carbocycles. The van der Waals surface area contributed by atoms with Crippen LogP contribution in [-0.2, 0) is 27.7 Å². The van der Waals surface area contributed by atoms with Gasteiger partial charge in [-0.25, -0.2) is 8.42 Å². The van der Waals surface area contributed by atoms with Crippen LogP contribution in [0.3, 0.4) is 0 Å². The van der Waals surface area contributed by atoms with Gasteiger partial charge < -0.3 is 14.8 Å². The number of fused-ring (bicyclic) bond motifs is 1. The molecule has 0 spiro atoms. The topological polar surface area (TPSA) is 67.9 Å². The summed E-state index contributed by atoms with van der Waals surface area (Å²) in [6.45, 7) is 3.79. The third-order valence-electron chi connectivity index (χ3n) is 3.98. The Balaban J connectivity index is 1.45. The molecule has 7 heteroatoms. The standard InChI is InChI=1S/C15H22N2O4S/c18-22(19,17-5-8-20-9-6-17)10-4-16-12-13-1-2-15-14(11-13)3-7-21-15/h1-2,11,16H,3-10,12H2. The number of benzene rings is 1. The molecule has 22 heavy (non-hydrogen) atoms. The van der Waals surface area contributed by atoms with Crippen molar-refractivity contribution >= 4 is 10.0 Å². The molecule has 0 aliphatic carbocycles. The Morgan fingerprint density at radius 3 is 2.82 bits per heavy atom. The third kappa shape index (κ3) is 3.78. The molecule has 122 valence electrons. The second-order valence-corrected chi connectivity index (χ2v) is 7.63. The van der Waals surface area contributed by atoms with Gasteiger partial charge in [-0.15, -0.1) is 0 Å². The van der Waals surface area contributed by atoms with Crippen molar-refractivity contribution in [3.05, 3.63) is 29.3 Å². The van der Waals surface area contributed by atoms with E-state index in [0.717, 1.165) is 24.3 Å². The summed E-state index contributed by atoms with van der Waals surface area (Å²) >= 11 is 0. The normalized spacial score (nSPS) is 18.9. The Hall–Kier alpha value is -1.15. The summed E-state index contributed by atoms with van der Waals surface area (Å²) < 4.78 is 36.5. The minimum atomic E-state index is -3.18. The zero-order chi connectivity index (χ0) is 15.4. The molecular weight excluding hydrogens is 304 g/mol. The van der Waals surface area contributed by atoms with Crippen LogP contribution >= 0.6 is 0 Å². The van der Waals surface area contributed by atoms with Gasteiger partial charge in [0.05, 0.1) is 25.6 Å². The highest BCUT2D eigenvalue weighted by atomic mass is 32.2. The minimum Gasteiger partial charge on any atom is -0.493 e. The molecule has 0 radical (unpaired) electrons. The third-order valence-corrected chi connectivity index (χ3v) is 5.86. The van der Waals surface area contributed by atoms with Crippen LogP contribution in [0.2, 0.25) is 0 Å². The second kappa shape index (κ2) is 6.95. The molecule has 1 fully saturated rings. The molecule has 0 atom stereocenters. The van der Waals surface area contributed by atoms with Crippen molar-refractivity contribution in [2.75, 3.05) is 45.2 Å². The first-order valence-electron chi connectivity index (χ1n) is 7.66. The van der Waals surface area contributed by atoms with E-state index in [4.69, 9.17) is 9.47 Å². The molecule has 0 unspecified atom stereocenters. The van der Waals surface area contributed by atoms with Crippen LogP contribution < -0.4 is 10.1 Å². The fourth-order valence-electron chi connectivity index (χ4n) is 2.74. The van der Waals surface area contributed by atoms with E-state index in [-0.39, 0.29) is 5.75 Å². The number of rotatable bonds is 6. The van der Waals surface area contributed by atoms with E-state index >= 15 is 0 Å². The van der Waals surface area contributed by atoms with E-state index in [2.05, 4.69) is 11.4 Å². The van der Waals surface area contributed by atoms with Gasteiger partial charge in [-0.05, 0) is 17.2 Å². The fourth-order valence-corrected chi connectivity index (χ4v) is 4.10. The van der Waals surface area contributed by atoms with Crippen molar-refractivity contribution in [3.8, 4) is 5.75 Å². The molecule has 0 bridgehead atoms. The van der Waals surface area contributed by atoms with Crippen molar-refractivity contribution < 1.29 is 17.9 Å². The summed E-state index contributed by atoms with van der Waals surface area (Å²) in [5.74, 6) is 1.10. The summed E-state index contributed by atoms with van der Waals surface area (Å²) in [5.41, 5.74) is 2.40. The van der Waals surface area contributed by atoms with Gasteiger partial charge in [-0.2, -0.15) is 4.31 Å². The number of nitrogens with one attached hydrogen (secondary N) is 1. The van der Waals surface area contributed by atoms with Crippen LogP contribution in [0, 0.1) is 0 Å². The van der Waals surface area contributed by atoms with Crippen molar-refractivity contribution in [2.24, 2.45) is 0 Å². The van der Waals surface area contributed by atoms with Crippen molar-refractivity contribution in [1.29, 1.82) is 0 Å². The van der Waals surface area contributed by atoms with Gasteiger partial charge in [0, 0.05) is 32.6 Å². The van der Waals surface area contributed by atoms with Gasteiger partial charge in [0.15, 0.2) is 0 Å². The van der Waals surface area contributed by atoms with Crippen molar-refractivity contribution in [3.63, 3.8) is 0 Å². The molecule has 2 heterocycles. The van der Waals surface area contributed by atoms with Crippen molar-refractivity contribution in [2.45, 2.75) is 13.0 Å². The van der Waals surface area contributed by atoms with E-state index in [0.29, 0.717) is 39.4 Å². The lowest BCUT2D eigenvalue weighted by atomic mass is 10.1. The molecule has 2 aliphatic heterocycles. The first-order valence-corrected chi connectivity index (χ1v) is 9.27. The highest BCUT2D eigenvalue weighted by molar-refractivity contribution is 7.89. The molecule has 1 saturated heterocycles. The Kier molecular flexibility index (Phi) is 4.97. The van der Waals surface area contributed by atoms with Crippen LogP contribution in [0.1, 0.15) is 11.1 Å². The number of sulfonamides is 1. The van der Waals surface area contributed by atoms with Crippen LogP contribution in [0.25, 0.3) is 0 Å². The fraction of sp³-hybridized carbons (Fsp3) is 0.600. The van der Waals surface area contributed by atoms with E-state index in [1.54, 1.807) is 0 Å². The van der Waals surface area contributed by atoms with Gasteiger partial charge >= 0.3 is 0 Å². The Morgan fingerprint density at radius 1 is 1.18 bits per heavy atom. The molecular formula is C15H22N2O4S. The molecule has 6 nitrogen and oxygen atoms in total. The van der Waals surface area contributed by atoms with Crippen LogP contribution in [0.5, 0.6) is 5.75 Å². The molecule has 1 aromatic rings. The molecule has 0 saturated carbocycles. The molecule has 2 aliphatic rings. The lowest BCUT2D eigenvalue weighted by molar-refractivity contribution is 0.0730. The predicted octanol–water partition coefficient (Wildman–Crippen LogP) is 0.373. The average molecular weight is 326 g/mol. The molecule has 0 amide bonds. The summed E-state index contributed by atoms with van der Waals surface area (Å²) in [6, 6.07) is 6.14. The lowest BCUT2D eigenvalue weighted by Crippen LogP contribution is -2.43. The summed E-state index contributed by atoms with van der Waals surface area (Å²) in [7, 11) is -3.18. The Morgan fingerprint density at radius 2 is 2.00 bits per heavy atom. The quantitative estimate of drug-likeness (QED) is 0.765. The van der Waals surface area contributed by atoms with Gasteiger partial charge in [-0.1, -0.05) is 12.1 Å². The first-order chi connectivity index (χ1) is 10.6. The predicted molar refractivity (Wildman–Crippen MR) is 83.5 cm³/mol. The number of hydrogen-bond donors (Lipinski definition) is 1. The highest BCUT2D eigenvalue weighted by Crippen LogP contribution is 2.25. The number of hydrogen-bond acceptors (Lipinski definition) is 5. The number of morpholine rings is 1. The highest BCUT2D eigenvalue weighted by Gasteiger charge is 2.23. The van der Waals surface area contributed by atoms with E-state index < -0.39 is 10.0 Å². The summed E-state index contributed by atoms with van der Waals surface area (Å²) in [6.07, 6.45) is 0.953. The summed E-state index contributed by atoms with van der Waals surface area (Å²) in [5, 5.41) is 3.21. The maximum absolute atomic E-state index is 12.2. The lowest BCUT2D eigenvalue weighted by Gasteiger charge is -2.26. The van der Waals surface area contributed by atoms with Crippen LogP contribution in [-0.4, -0.2) is 57.9 Å². The van der Waals surface area contributed by atoms with E-state index in [9.17, 15) is 8.42 Å². The maximum Gasteiger partial charge on any atom is 0.215 e. The van der Waals surface area contributed by atoms with Gasteiger partial charge in [0.2, 0.25) is 10.0 Å². The second-order valence-electron chi connectivity index (χ2n) is 5.54.